The summed E-state index contributed by atoms with van der Waals surface area (Å²) in [6.45, 7) is 3.53. The molecule has 32 heavy (non-hydrogen) atoms. The van der Waals surface area contributed by atoms with Crippen LogP contribution in [0.2, 0.25) is 0 Å². The van der Waals surface area contributed by atoms with E-state index in [0.29, 0.717) is 48.7 Å². The maximum Gasteiger partial charge on any atom is 0.240 e. The third-order valence-corrected chi connectivity index (χ3v) is 6.05. The summed E-state index contributed by atoms with van der Waals surface area (Å²) in [5.74, 6) is 2.77. The number of pyridine rings is 1. The molecule has 0 radical (unpaired) electrons. The fraction of sp³-hybridized carbons (Fsp3) is 0.286. The predicted octanol–water partition coefficient (Wildman–Crippen LogP) is 2.48. The molecule has 1 aliphatic heterocycles. The molecule has 0 atom stereocenters. The highest BCUT2D eigenvalue weighted by Gasteiger charge is 2.18. The molecular weight excluding hydrogens is 432 g/mol. The number of hydrogen-bond acceptors (Lipinski definition) is 9. The van der Waals surface area contributed by atoms with E-state index >= 15 is 0 Å². The maximum atomic E-state index is 12.6. The minimum atomic E-state index is -3.68. The number of nitrogens with zero attached hydrogens (tertiary/aromatic N) is 3. The molecular formula is C21H24N6O4S. The largest absolute Gasteiger partial charge is 0.490 e. The van der Waals surface area contributed by atoms with Gasteiger partial charge in [0.25, 0.3) is 0 Å². The van der Waals surface area contributed by atoms with Gasteiger partial charge >= 0.3 is 0 Å². The molecule has 10 nitrogen and oxygen atoms in total. The molecule has 3 aromatic rings. The van der Waals surface area contributed by atoms with Crippen LogP contribution in [0.4, 0.5) is 17.5 Å². The van der Waals surface area contributed by atoms with Gasteiger partial charge in [0.1, 0.15) is 11.6 Å². The van der Waals surface area contributed by atoms with Gasteiger partial charge in [-0.3, -0.25) is 0 Å². The van der Waals surface area contributed by atoms with Crippen LogP contribution in [0, 0.1) is 6.92 Å². The van der Waals surface area contributed by atoms with Gasteiger partial charge in [-0.2, -0.15) is 0 Å². The van der Waals surface area contributed by atoms with E-state index in [4.69, 9.17) is 9.47 Å². The standard InChI is InChI=1S/C21H24N6O4S/c1-15-7-8-22-21(13-15)25-20-6-5-19(26-27-20)23-9-10-24-32(28,29)16-3-4-17-18(14-16)31-12-2-11-30-17/h3-8,13-14,24H,2,9-12H2,1H3,(H,23,26)(H,22,25,27). The third-order valence-electron chi connectivity index (χ3n) is 4.59. The van der Waals surface area contributed by atoms with Crippen molar-refractivity contribution in [3.63, 3.8) is 0 Å². The molecule has 0 saturated heterocycles. The van der Waals surface area contributed by atoms with E-state index in [0.717, 1.165) is 12.0 Å². The summed E-state index contributed by atoms with van der Waals surface area (Å²) in [4.78, 5) is 4.35. The predicted molar refractivity (Wildman–Crippen MR) is 120 cm³/mol. The lowest BCUT2D eigenvalue weighted by molar-refractivity contribution is 0.297. The van der Waals surface area contributed by atoms with Crippen molar-refractivity contribution in [1.29, 1.82) is 0 Å². The minimum absolute atomic E-state index is 0.127. The van der Waals surface area contributed by atoms with Crippen LogP contribution in [0.1, 0.15) is 12.0 Å². The van der Waals surface area contributed by atoms with Crippen LogP contribution < -0.4 is 24.8 Å². The summed E-state index contributed by atoms with van der Waals surface area (Å²) in [5.41, 5.74) is 1.09. The molecule has 3 heterocycles. The Morgan fingerprint density at radius 3 is 2.47 bits per heavy atom. The number of hydrogen-bond donors (Lipinski definition) is 3. The summed E-state index contributed by atoms with van der Waals surface area (Å²) in [6, 6.07) is 11.9. The number of nitrogens with one attached hydrogen (secondary N) is 3. The zero-order chi connectivity index (χ0) is 22.4. The Balaban J connectivity index is 1.28. The van der Waals surface area contributed by atoms with E-state index in [1.165, 1.54) is 12.1 Å². The second-order valence-corrected chi connectivity index (χ2v) is 8.90. The number of aromatic nitrogens is 3. The van der Waals surface area contributed by atoms with Gasteiger partial charge in [-0.1, -0.05) is 0 Å². The molecule has 0 unspecified atom stereocenters. The first-order valence-corrected chi connectivity index (χ1v) is 11.6. The van der Waals surface area contributed by atoms with E-state index in [1.807, 2.05) is 19.1 Å². The number of benzene rings is 1. The van der Waals surface area contributed by atoms with Crippen molar-refractivity contribution in [3.8, 4) is 11.5 Å². The number of anilines is 3. The average molecular weight is 457 g/mol. The van der Waals surface area contributed by atoms with Gasteiger partial charge in [-0.25, -0.2) is 18.1 Å². The lowest BCUT2D eigenvalue weighted by Gasteiger charge is -2.11. The van der Waals surface area contributed by atoms with Gasteiger partial charge in [-0.15, -0.1) is 10.2 Å². The number of sulfonamides is 1. The van der Waals surface area contributed by atoms with Gasteiger partial charge in [-0.05, 0) is 48.9 Å². The van der Waals surface area contributed by atoms with Crippen molar-refractivity contribution in [3.05, 3.63) is 54.2 Å². The normalized spacial score (nSPS) is 13.3. The molecule has 168 valence electrons. The van der Waals surface area contributed by atoms with Gasteiger partial charge in [0.15, 0.2) is 17.3 Å². The summed E-state index contributed by atoms with van der Waals surface area (Å²) in [7, 11) is -3.68. The van der Waals surface area contributed by atoms with Gasteiger partial charge in [0, 0.05) is 31.8 Å². The van der Waals surface area contributed by atoms with Crippen LogP contribution in [0.3, 0.4) is 0 Å². The van der Waals surface area contributed by atoms with Crippen LogP contribution in [0.5, 0.6) is 11.5 Å². The van der Waals surface area contributed by atoms with E-state index in [2.05, 4.69) is 30.5 Å². The Hall–Kier alpha value is -3.44. The Morgan fingerprint density at radius 2 is 1.69 bits per heavy atom. The van der Waals surface area contributed by atoms with Crippen LogP contribution in [0.25, 0.3) is 0 Å². The van der Waals surface area contributed by atoms with E-state index in [-0.39, 0.29) is 11.4 Å². The van der Waals surface area contributed by atoms with Crippen molar-refractivity contribution in [2.75, 3.05) is 36.9 Å². The van der Waals surface area contributed by atoms with Crippen LogP contribution in [0.15, 0.2) is 53.6 Å². The smallest absolute Gasteiger partial charge is 0.240 e. The highest BCUT2D eigenvalue weighted by molar-refractivity contribution is 7.89. The third kappa shape index (κ3) is 5.62. The quantitative estimate of drug-likeness (QED) is 0.438. The first kappa shape index (κ1) is 21.8. The van der Waals surface area contributed by atoms with Crippen molar-refractivity contribution < 1.29 is 17.9 Å². The zero-order valence-electron chi connectivity index (χ0n) is 17.5. The molecule has 0 saturated carbocycles. The first-order valence-electron chi connectivity index (χ1n) is 10.2. The molecule has 11 heteroatoms. The van der Waals surface area contributed by atoms with E-state index < -0.39 is 10.0 Å². The van der Waals surface area contributed by atoms with Crippen LogP contribution >= 0.6 is 0 Å². The molecule has 0 spiro atoms. The molecule has 2 aromatic heterocycles. The summed E-state index contributed by atoms with van der Waals surface area (Å²) in [5, 5.41) is 14.3. The lowest BCUT2D eigenvalue weighted by Crippen LogP contribution is -2.29. The molecule has 0 aliphatic carbocycles. The molecule has 0 bridgehead atoms. The van der Waals surface area contributed by atoms with Gasteiger partial charge in [0.05, 0.1) is 18.1 Å². The maximum absolute atomic E-state index is 12.6. The topological polar surface area (TPSA) is 127 Å². The fourth-order valence-electron chi connectivity index (χ4n) is 3.00. The average Bonchev–Trinajstić information content (AvgIpc) is 3.03. The molecule has 1 aliphatic rings. The summed E-state index contributed by atoms with van der Waals surface area (Å²) in [6.07, 6.45) is 2.47. The second kappa shape index (κ2) is 9.79. The molecule has 0 amide bonds. The van der Waals surface area contributed by atoms with Crippen LogP contribution in [-0.2, 0) is 10.0 Å². The second-order valence-electron chi connectivity index (χ2n) is 7.13. The molecule has 3 N–H and O–H groups in total. The Kier molecular flexibility index (Phi) is 6.66. The molecule has 1 aromatic carbocycles. The summed E-state index contributed by atoms with van der Waals surface area (Å²) < 4.78 is 38.8. The van der Waals surface area contributed by atoms with E-state index in [1.54, 1.807) is 24.4 Å². The number of ether oxygens (including phenoxy) is 2. The zero-order valence-corrected chi connectivity index (χ0v) is 18.4. The highest BCUT2D eigenvalue weighted by atomic mass is 32.2. The SMILES string of the molecule is Cc1ccnc(Nc2ccc(NCCNS(=O)(=O)c3ccc4c(c3)OCCCO4)nn2)c1. The van der Waals surface area contributed by atoms with Crippen molar-refractivity contribution in [2.45, 2.75) is 18.2 Å². The molecule has 4 rings (SSSR count). The monoisotopic (exact) mass is 456 g/mol. The Bertz CT molecular complexity index is 1170. The summed E-state index contributed by atoms with van der Waals surface area (Å²) >= 11 is 0. The van der Waals surface area contributed by atoms with Crippen molar-refractivity contribution >= 4 is 27.5 Å². The highest BCUT2D eigenvalue weighted by Crippen LogP contribution is 2.31. The number of rotatable bonds is 8. The lowest BCUT2D eigenvalue weighted by atomic mass is 10.3. The Labute approximate surface area is 186 Å². The van der Waals surface area contributed by atoms with Crippen molar-refractivity contribution in [1.82, 2.24) is 19.9 Å². The van der Waals surface area contributed by atoms with Gasteiger partial charge in [0.2, 0.25) is 10.0 Å². The minimum Gasteiger partial charge on any atom is -0.490 e. The first-order chi connectivity index (χ1) is 15.5. The molecule has 0 fully saturated rings. The number of fused-ring (bicyclic) bond motifs is 1. The van der Waals surface area contributed by atoms with Crippen LogP contribution in [-0.4, -0.2) is 49.9 Å². The van der Waals surface area contributed by atoms with E-state index in [9.17, 15) is 8.42 Å². The van der Waals surface area contributed by atoms with Crippen molar-refractivity contribution in [2.24, 2.45) is 0 Å². The fourth-order valence-corrected chi connectivity index (χ4v) is 4.05. The Morgan fingerprint density at radius 1 is 0.906 bits per heavy atom. The van der Waals surface area contributed by atoms with Gasteiger partial charge < -0.3 is 20.1 Å². The number of aryl methyl sites for hydroxylation is 1.